The lowest BCUT2D eigenvalue weighted by Crippen LogP contribution is -2.35. The summed E-state index contributed by atoms with van der Waals surface area (Å²) in [6.07, 6.45) is 7.62. The summed E-state index contributed by atoms with van der Waals surface area (Å²) in [4.78, 5) is 27.2. The highest BCUT2D eigenvalue weighted by Crippen LogP contribution is 2.12. The van der Waals surface area contributed by atoms with E-state index in [-0.39, 0.29) is 26.4 Å². The summed E-state index contributed by atoms with van der Waals surface area (Å²) in [5, 5.41) is 8.87. The van der Waals surface area contributed by atoms with Gasteiger partial charge in [0.05, 0.1) is 44.2 Å². The van der Waals surface area contributed by atoms with E-state index in [1.165, 1.54) is 11.1 Å². The number of benzene rings is 4. The van der Waals surface area contributed by atoms with Gasteiger partial charge in [0.25, 0.3) is 0 Å². The molecule has 0 spiro atoms. The van der Waals surface area contributed by atoms with Crippen molar-refractivity contribution in [3.8, 4) is 23.7 Å². The van der Waals surface area contributed by atoms with E-state index in [4.69, 9.17) is 19.3 Å². The van der Waals surface area contributed by atoms with Crippen LogP contribution < -0.4 is 0 Å². The number of morpholine rings is 2. The molecule has 0 aliphatic carbocycles. The Morgan fingerprint density at radius 2 is 1.02 bits per heavy atom. The van der Waals surface area contributed by atoms with Gasteiger partial charge in [-0.3, -0.25) is 9.80 Å². The Labute approximate surface area is 333 Å². The standard InChI is InChI=1S/C24H25NO3.C22H21NO3.2CH4/c1-2-28-24(26)23-13-11-21(12-14-23)6-4-3-5-20-7-9-22(10-8-20)19-25-15-17-27-18-16-25;24-22(25)21-11-9-19(10-12-21)4-2-1-3-18-5-7-20(8-6-18)17-23-13-15-26-16-14-23;;/h3,5,7-14H,2,15-19H2,1H3;1,3,5-12H,13-17H2,(H,24,25);2*1H4/b5-3+;3-1+;;. The average Bonchev–Trinajstić information content (AvgIpc) is 3.21. The van der Waals surface area contributed by atoms with Gasteiger partial charge >= 0.3 is 11.9 Å². The van der Waals surface area contributed by atoms with Crippen molar-refractivity contribution in [2.45, 2.75) is 34.9 Å². The van der Waals surface area contributed by atoms with E-state index < -0.39 is 5.97 Å². The summed E-state index contributed by atoms with van der Waals surface area (Å²) in [7, 11) is 0. The lowest BCUT2D eigenvalue weighted by molar-refractivity contribution is 0.0341. The number of esters is 1. The first-order valence-electron chi connectivity index (χ1n) is 18.2. The fraction of sp³-hybridized carbons (Fsp3) is 0.292. The van der Waals surface area contributed by atoms with Crippen LogP contribution in [0.5, 0.6) is 0 Å². The molecule has 0 amide bonds. The predicted octanol–water partition coefficient (Wildman–Crippen LogP) is 8.31. The van der Waals surface area contributed by atoms with Crippen molar-refractivity contribution in [3.63, 3.8) is 0 Å². The summed E-state index contributed by atoms with van der Waals surface area (Å²) in [5.74, 6) is 10.8. The van der Waals surface area contributed by atoms with Gasteiger partial charge in [0.2, 0.25) is 0 Å². The number of hydrogen-bond acceptors (Lipinski definition) is 7. The van der Waals surface area contributed by atoms with Gasteiger partial charge in [-0.2, -0.15) is 0 Å². The van der Waals surface area contributed by atoms with Crippen molar-refractivity contribution in [1.29, 1.82) is 0 Å². The molecule has 0 saturated carbocycles. The number of allylic oxidation sites excluding steroid dienone is 2. The van der Waals surface area contributed by atoms with Gasteiger partial charge in [-0.15, -0.1) is 0 Å². The predicted molar refractivity (Wildman–Crippen MR) is 226 cm³/mol. The molecule has 8 heteroatoms. The van der Waals surface area contributed by atoms with Crippen molar-refractivity contribution in [3.05, 3.63) is 154 Å². The first kappa shape index (κ1) is 44.7. The molecule has 0 unspecified atom stereocenters. The SMILES string of the molecule is C.C.CCOC(=O)c1ccc(C#C/C=C/c2ccc(CN3CCOCC3)cc2)cc1.O=C(O)c1ccc(C#C/C=C/c2ccc(CN3CCOCC3)cc2)cc1. The molecule has 4 aromatic carbocycles. The van der Waals surface area contributed by atoms with Crippen molar-refractivity contribution in [2.75, 3.05) is 59.2 Å². The van der Waals surface area contributed by atoms with Crippen LogP contribution in [-0.4, -0.2) is 86.1 Å². The van der Waals surface area contributed by atoms with Crippen LogP contribution in [0.15, 0.2) is 109 Å². The monoisotopic (exact) mass is 754 g/mol. The zero-order valence-electron chi connectivity index (χ0n) is 30.7. The van der Waals surface area contributed by atoms with E-state index in [0.717, 1.165) is 87.9 Å². The largest absolute Gasteiger partial charge is 0.478 e. The number of carboxylic acids is 1. The highest BCUT2D eigenvalue weighted by atomic mass is 16.5. The zero-order chi connectivity index (χ0) is 37.8. The first-order valence-corrected chi connectivity index (χ1v) is 18.2. The van der Waals surface area contributed by atoms with Crippen LogP contribution >= 0.6 is 0 Å². The molecular formula is C48H54N2O6. The second-order valence-electron chi connectivity index (χ2n) is 12.6. The smallest absolute Gasteiger partial charge is 0.338 e. The molecule has 6 rings (SSSR count). The number of carbonyl (C=O) groups is 2. The number of hydrogen-bond donors (Lipinski definition) is 1. The molecule has 2 heterocycles. The van der Waals surface area contributed by atoms with E-state index in [1.54, 1.807) is 43.3 Å². The highest BCUT2D eigenvalue weighted by Gasteiger charge is 2.11. The van der Waals surface area contributed by atoms with Crippen LogP contribution in [0.25, 0.3) is 12.2 Å². The van der Waals surface area contributed by atoms with E-state index in [1.807, 2.05) is 36.4 Å². The summed E-state index contributed by atoms with van der Waals surface area (Å²) < 4.78 is 15.7. The van der Waals surface area contributed by atoms with E-state index in [9.17, 15) is 9.59 Å². The molecule has 2 aliphatic rings. The second kappa shape index (κ2) is 24.6. The third-order valence-electron chi connectivity index (χ3n) is 8.66. The minimum atomic E-state index is -0.929. The summed E-state index contributed by atoms with van der Waals surface area (Å²) in [5.41, 5.74) is 7.30. The molecule has 0 bridgehead atoms. The normalized spacial score (nSPS) is 14.1. The Morgan fingerprint density at radius 3 is 1.39 bits per heavy atom. The van der Waals surface area contributed by atoms with Crippen LogP contribution in [0.3, 0.4) is 0 Å². The molecular weight excluding hydrogens is 701 g/mol. The molecule has 292 valence electrons. The molecule has 8 nitrogen and oxygen atoms in total. The molecule has 0 atom stereocenters. The van der Waals surface area contributed by atoms with E-state index >= 15 is 0 Å². The Bertz CT molecular complexity index is 1970. The highest BCUT2D eigenvalue weighted by molar-refractivity contribution is 5.89. The van der Waals surface area contributed by atoms with Gasteiger partial charge in [0, 0.05) is 50.4 Å². The molecule has 4 aromatic rings. The second-order valence-corrected chi connectivity index (χ2v) is 12.6. The molecule has 2 fully saturated rings. The minimum Gasteiger partial charge on any atom is -0.478 e. The summed E-state index contributed by atoms with van der Waals surface area (Å²) in [6.45, 7) is 11.4. The zero-order valence-corrected chi connectivity index (χ0v) is 30.7. The van der Waals surface area contributed by atoms with Gasteiger partial charge < -0.3 is 19.3 Å². The Morgan fingerprint density at radius 1 is 0.625 bits per heavy atom. The van der Waals surface area contributed by atoms with Crippen LogP contribution in [-0.2, 0) is 27.3 Å². The third-order valence-corrected chi connectivity index (χ3v) is 8.66. The topological polar surface area (TPSA) is 88.5 Å². The van der Waals surface area contributed by atoms with E-state index in [0.29, 0.717) is 12.2 Å². The van der Waals surface area contributed by atoms with Crippen LogP contribution in [0.4, 0.5) is 0 Å². The number of carbonyl (C=O) groups excluding carboxylic acids is 1. The molecule has 0 radical (unpaired) electrons. The maximum absolute atomic E-state index is 11.6. The number of aromatic carboxylic acids is 1. The molecule has 0 aromatic heterocycles. The quantitative estimate of drug-likeness (QED) is 0.135. The number of rotatable bonds is 9. The Hall–Kier alpha value is -5.74. The first-order chi connectivity index (χ1) is 26.4. The number of carboxylic acid groups (broad SMARTS) is 1. The Kier molecular flexibility index (Phi) is 19.6. The fourth-order valence-electron chi connectivity index (χ4n) is 5.63. The van der Waals surface area contributed by atoms with Gasteiger partial charge in [0.15, 0.2) is 0 Å². The third kappa shape index (κ3) is 15.5. The molecule has 2 aliphatic heterocycles. The van der Waals surface area contributed by atoms with Gasteiger partial charge in [-0.25, -0.2) is 9.59 Å². The van der Waals surface area contributed by atoms with Crippen LogP contribution in [0.2, 0.25) is 0 Å². The average molecular weight is 755 g/mol. The lowest BCUT2D eigenvalue weighted by Gasteiger charge is -2.26. The molecule has 56 heavy (non-hydrogen) atoms. The summed E-state index contributed by atoms with van der Waals surface area (Å²) in [6, 6.07) is 30.7. The number of nitrogens with zero attached hydrogens (tertiary/aromatic N) is 2. The molecule has 2 saturated heterocycles. The molecule has 1 N–H and O–H groups in total. The van der Waals surface area contributed by atoms with Crippen molar-refractivity contribution < 1.29 is 28.9 Å². The summed E-state index contributed by atoms with van der Waals surface area (Å²) >= 11 is 0. The van der Waals surface area contributed by atoms with Gasteiger partial charge in [-0.1, -0.05) is 87.1 Å². The fourth-order valence-corrected chi connectivity index (χ4v) is 5.63. The van der Waals surface area contributed by atoms with Crippen molar-refractivity contribution >= 4 is 24.1 Å². The van der Waals surface area contributed by atoms with Crippen molar-refractivity contribution in [1.82, 2.24) is 9.80 Å². The van der Waals surface area contributed by atoms with Gasteiger partial charge in [0.1, 0.15) is 0 Å². The maximum atomic E-state index is 11.6. The van der Waals surface area contributed by atoms with E-state index in [2.05, 4.69) is 82.0 Å². The van der Waals surface area contributed by atoms with Crippen LogP contribution in [0, 0.1) is 23.7 Å². The van der Waals surface area contributed by atoms with Crippen molar-refractivity contribution in [2.24, 2.45) is 0 Å². The Balaban J connectivity index is 0.000000291. The van der Waals surface area contributed by atoms with Crippen LogP contribution in [0.1, 0.15) is 75.9 Å². The van der Waals surface area contributed by atoms with Gasteiger partial charge in [-0.05, 0) is 102 Å². The maximum Gasteiger partial charge on any atom is 0.338 e. The lowest BCUT2D eigenvalue weighted by atomic mass is 10.1. The number of ether oxygens (including phenoxy) is 3. The minimum absolute atomic E-state index is 0.